The molecule has 1 heterocycles. The van der Waals surface area contributed by atoms with E-state index in [1.165, 1.54) is 10.9 Å². The summed E-state index contributed by atoms with van der Waals surface area (Å²) in [6, 6.07) is 3.50. The molecule has 0 aliphatic rings. The molecule has 0 radical (unpaired) electrons. The van der Waals surface area contributed by atoms with Crippen LogP contribution in [0.4, 0.5) is 8.78 Å². The monoisotopic (exact) mass is 358 g/mol. The van der Waals surface area contributed by atoms with Crippen molar-refractivity contribution in [2.24, 2.45) is 5.73 Å². The largest absolute Gasteiger partial charge is 0.347 e. The summed E-state index contributed by atoms with van der Waals surface area (Å²) in [5.41, 5.74) is 6.63. The number of aromatic amines is 1. The molecule has 0 unspecified atom stereocenters. The van der Waals surface area contributed by atoms with E-state index >= 15 is 0 Å². The molecule has 1 aromatic heterocycles. The fourth-order valence-electron chi connectivity index (χ4n) is 2.14. The maximum Gasteiger partial charge on any atom is 0.347 e. The molecule has 21 heavy (non-hydrogen) atoms. The van der Waals surface area contributed by atoms with Crippen molar-refractivity contribution in [2.45, 2.75) is 13.3 Å². The lowest BCUT2D eigenvalue weighted by molar-refractivity contribution is 0.408. The van der Waals surface area contributed by atoms with Crippen LogP contribution in [0.5, 0.6) is 0 Å². The van der Waals surface area contributed by atoms with E-state index in [1.54, 1.807) is 19.1 Å². The van der Waals surface area contributed by atoms with E-state index in [9.17, 15) is 13.6 Å². The van der Waals surface area contributed by atoms with Crippen molar-refractivity contribution in [1.82, 2.24) is 14.8 Å². The number of nitrogens with one attached hydrogen (secondary N) is 1. The molecule has 3 N–H and O–H groups in total. The van der Waals surface area contributed by atoms with Gasteiger partial charge in [-0.05, 0) is 30.2 Å². The fourth-order valence-corrected chi connectivity index (χ4v) is 2.76. The normalized spacial score (nSPS) is 10.7. The van der Waals surface area contributed by atoms with Gasteiger partial charge in [0, 0.05) is 23.0 Å². The van der Waals surface area contributed by atoms with Gasteiger partial charge in [0.25, 0.3) is 6.08 Å². The summed E-state index contributed by atoms with van der Waals surface area (Å²) < 4.78 is 27.7. The Morgan fingerprint density at radius 3 is 2.71 bits per heavy atom. The highest BCUT2D eigenvalue weighted by molar-refractivity contribution is 9.10. The Balaban J connectivity index is 2.63. The third-order valence-electron chi connectivity index (χ3n) is 3.05. The van der Waals surface area contributed by atoms with Crippen LogP contribution in [0.25, 0.3) is 5.69 Å². The highest BCUT2D eigenvalue weighted by atomic mass is 79.9. The molecule has 112 valence electrons. The van der Waals surface area contributed by atoms with Gasteiger partial charge in [0.1, 0.15) is 6.33 Å². The van der Waals surface area contributed by atoms with Gasteiger partial charge in [0.05, 0.1) is 5.69 Å². The van der Waals surface area contributed by atoms with Crippen molar-refractivity contribution in [3.05, 3.63) is 56.2 Å². The predicted molar refractivity (Wildman–Crippen MR) is 78.6 cm³/mol. The van der Waals surface area contributed by atoms with E-state index in [4.69, 9.17) is 5.73 Å². The Morgan fingerprint density at radius 1 is 1.48 bits per heavy atom. The van der Waals surface area contributed by atoms with E-state index in [0.717, 1.165) is 10.0 Å². The highest BCUT2D eigenvalue weighted by Gasteiger charge is 2.15. The Bertz CT molecular complexity index is 747. The molecule has 0 spiro atoms. The van der Waals surface area contributed by atoms with Gasteiger partial charge >= 0.3 is 5.69 Å². The molecule has 8 heteroatoms. The quantitative estimate of drug-likeness (QED) is 0.880. The minimum absolute atomic E-state index is 0.0356. The molecule has 0 atom stereocenters. The zero-order valence-electron chi connectivity index (χ0n) is 11.2. The summed E-state index contributed by atoms with van der Waals surface area (Å²) in [7, 11) is 0. The lowest BCUT2D eigenvalue weighted by atomic mass is 10.0. The number of H-pyrrole nitrogens is 1. The topological polar surface area (TPSA) is 76.7 Å². The zero-order chi connectivity index (χ0) is 15.6. The first kappa shape index (κ1) is 15.6. The predicted octanol–water partition coefficient (Wildman–Crippen LogP) is 2.28. The third-order valence-corrected chi connectivity index (χ3v) is 3.51. The molecule has 2 rings (SSSR count). The number of hydrogen-bond donors (Lipinski definition) is 2. The van der Waals surface area contributed by atoms with Crippen LogP contribution >= 0.6 is 15.9 Å². The Morgan fingerprint density at radius 2 is 2.19 bits per heavy atom. The lowest BCUT2D eigenvalue weighted by Crippen LogP contribution is -2.18. The Kier molecular flexibility index (Phi) is 4.69. The molecule has 5 nitrogen and oxygen atoms in total. The molecule has 0 saturated carbocycles. The minimum atomic E-state index is -1.79. The van der Waals surface area contributed by atoms with Crippen LogP contribution in [0.2, 0.25) is 0 Å². The number of halogens is 3. The molecule has 0 amide bonds. The number of nitrogens with zero attached hydrogens (tertiary/aromatic N) is 2. The van der Waals surface area contributed by atoms with E-state index in [-0.39, 0.29) is 18.5 Å². The second-order valence-corrected chi connectivity index (χ2v) is 5.42. The van der Waals surface area contributed by atoms with Crippen LogP contribution in [0, 0.1) is 6.92 Å². The number of nitrogens with two attached hydrogens (primary N) is 1. The number of rotatable bonds is 4. The zero-order valence-corrected chi connectivity index (χ0v) is 12.7. The maximum absolute atomic E-state index is 12.8. The standard InChI is InChI=1S/C13H13BrF2N4O/c1-7-2-10(14)4-8(3-9(5-17)12(15)16)11(7)20-6-18-19-13(20)21/h2,4,6H,3,5,17H2,1H3,(H,19,21). The van der Waals surface area contributed by atoms with Gasteiger partial charge < -0.3 is 5.73 Å². The molecule has 2 aromatic rings. The first-order valence-corrected chi connectivity index (χ1v) is 6.87. The fraction of sp³-hybridized carbons (Fsp3) is 0.231. The molecule has 1 aromatic carbocycles. The second-order valence-electron chi connectivity index (χ2n) is 4.51. The van der Waals surface area contributed by atoms with Gasteiger partial charge in [-0.3, -0.25) is 0 Å². The van der Waals surface area contributed by atoms with E-state index in [1.807, 2.05) is 0 Å². The number of aromatic nitrogens is 3. The van der Waals surface area contributed by atoms with Crippen LogP contribution in [0.15, 0.2) is 39.4 Å². The molecular formula is C13H13BrF2N4O. The SMILES string of the molecule is Cc1cc(Br)cc(CC(CN)=C(F)F)c1-n1cn[nH]c1=O. The van der Waals surface area contributed by atoms with Crippen molar-refractivity contribution in [3.63, 3.8) is 0 Å². The molecule has 0 fully saturated rings. The first-order chi connectivity index (χ1) is 9.93. The van der Waals surface area contributed by atoms with E-state index < -0.39 is 11.8 Å². The molecular weight excluding hydrogens is 346 g/mol. The minimum Gasteiger partial charge on any atom is -0.327 e. The summed E-state index contributed by atoms with van der Waals surface area (Å²) in [4.78, 5) is 11.7. The number of aryl methyl sites for hydroxylation is 1. The lowest BCUT2D eigenvalue weighted by Gasteiger charge is -2.14. The van der Waals surface area contributed by atoms with Crippen molar-refractivity contribution >= 4 is 15.9 Å². The van der Waals surface area contributed by atoms with E-state index in [0.29, 0.717) is 11.3 Å². The van der Waals surface area contributed by atoms with Crippen LogP contribution in [0.1, 0.15) is 11.1 Å². The van der Waals surface area contributed by atoms with Crippen molar-refractivity contribution in [1.29, 1.82) is 0 Å². The first-order valence-electron chi connectivity index (χ1n) is 6.08. The number of hydrogen-bond acceptors (Lipinski definition) is 3. The number of benzene rings is 1. The van der Waals surface area contributed by atoms with Gasteiger partial charge in [0.2, 0.25) is 0 Å². The Hall–Kier alpha value is -1.80. The van der Waals surface area contributed by atoms with Crippen LogP contribution < -0.4 is 11.4 Å². The third kappa shape index (κ3) is 3.27. The maximum atomic E-state index is 12.8. The highest BCUT2D eigenvalue weighted by Crippen LogP contribution is 2.26. The average molecular weight is 359 g/mol. The van der Waals surface area contributed by atoms with Crippen LogP contribution in [-0.2, 0) is 6.42 Å². The summed E-state index contributed by atoms with van der Waals surface area (Å²) in [5.74, 6) is 0. The Labute approximate surface area is 127 Å². The molecule has 0 aliphatic heterocycles. The average Bonchev–Trinajstić information content (AvgIpc) is 2.81. The van der Waals surface area contributed by atoms with Gasteiger partial charge in [-0.25, -0.2) is 14.5 Å². The summed E-state index contributed by atoms with van der Waals surface area (Å²) in [6.45, 7) is 1.55. The molecule has 0 aliphatic carbocycles. The molecule has 0 saturated heterocycles. The smallest absolute Gasteiger partial charge is 0.327 e. The second kappa shape index (κ2) is 6.31. The van der Waals surface area contributed by atoms with E-state index in [2.05, 4.69) is 26.1 Å². The summed E-state index contributed by atoms with van der Waals surface area (Å²) in [6.07, 6.45) is -0.508. The van der Waals surface area contributed by atoms with Gasteiger partial charge in [-0.15, -0.1) is 0 Å². The van der Waals surface area contributed by atoms with Crippen LogP contribution in [0.3, 0.4) is 0 Å². The van der Waals surface area contributed by atoms with Gasteiger partial charge in [-0.1, -0.05) is 15.9 Å². The van der Waals surface area contributed by atoms with Crippen molar-refractivity contribution in [2.75, 3.05) is 6.54 Å². The van der Waals surface area contributed by atoms with Crippen molar-refractivity contribution in [3.8, 4) is 5.69 Å². The summed E-state index contributed by atoms with van der Waals surface area (Å²) in [5, 5.41) is 5.95. The summed E-state index contributed by atoms with van der Waals surface area (Å²) >= 11 is 3.33. The van der Waals surface area contributed by atoms with Gasteiger partial charge in [-0.2, -0.15) is 13.9 Å². The van der Waals surface area contributed by atoms with Crippen LogP contribution in [-0.4, -0.2) is 21.3 Å². The van der Waals surface area contributed by atoms with Crippen molar-refractivity contribution < 1.29 is 8.78 Å². The molecule has 0 bridgehead atoms. The van der Waals surface area contributed by atoms with Gasteiger partial charge in [0.15, 0.2) is 0 Å².